The fourth-order valence-corrected chi connectivity index (χ4v) is 4.45. The van der Waals surface area contributed by atoms with Crippen LogP contribution in [-0.4, -0.2) is 77.3 Å². The van der Waals surface area contributed by atoms with Gasteiger partial charge in [0.2, 0.25) is 11.8 Å². The number of hydrogen-bond donors (Lipinski definition) is 2. The molecular weight excluding hydrogens is 400 g/mol. The summed E-state index contributed by atoms with van der Waals surface area (Å²) in [6, 6.07) is 15.1. The Morgan fingerprint density at radius 2 is 1.97 bits per heavy atom. The Bertz CT molecular complexity index is 850. The molecule has 2 aromatic rings. The molecule has 1 aliphatic heterocycles. The van der Waals surface area contributed by atoms with Gasteiger partial charge < -0.3 is 20.2 Å². The fraction of sp³-hybridized carbons (Fsp3) is 0.409. The largest absolute Gasteiger partial charge is 0.388 e. The Labute approximate surface area is 181 Å². The van der Waals surface area contributed by atoms with Gasteiger partial charge >= 0.3 is 0 Å². The lowest BCUT2D eigenvalue weighted by Crippen LogP contribution is -2.63. The summed E-state index contributed by atoms with van der Waals surface area (Å²) in [6.07, 6.45) is 1.22. The van der Waals surface area contributed by atoms with Crippen molar-refractivity contribution in [1.82, 2.24) is 20.1 Å². The van der Waals surface area contributed by atoms with E-state index >= 15 is 0 Å². The maximum atomic E-state index is 12.7. The van der Waals surface area contributed by atoms with Crippen LogP contribution in [-0.2, 0) is 15.1 Å². The Hall–Kier alpha value is -2.42. The van der Waals surface area contributed by atoms with E-state index in [1.807, 2.05) is 62.6 Å². The first-order chi connectivity index (χ1) is 14.4. The molecule has 8 heteroatoms. The number of carbonyl (C=O) groups is 2. The summed E-state index contributed by atoms with van der Waals surface area (Å²) in [5, 5.41) is 15.0. The van der Waals surface area contributed by atoms with Crippen LogP contribution in [0.3, 0.4) is 0 Å². The lowest BCUT2D eigenvalue weighted by molar-refractivity contribution is -0.136. The highest BCUT2D eigenvalue weighted by Crippen LogP contribution is 2.34. The van der Waals surface area contributed by atoms with E-state index in [2.05, 4.69) is 10.3 Å². The topological polar surface area (TPSA) is 85.8 Å². The summed E-state index contributed by atoms with van der Waals surface area (Å²) in [4.78, 5) is 32.9. The summed E-state index contributed by atoms with van der Waals surface area (Å²) in [5.74, 6) is 0.0501. The van der Waals surface area contributed by atoms with E-state index in [0.29, 0.717) is 13.0 Å². The van der Waals surface area contributed by atoms with E-state index in [1.54, 1.807) is 16.0 Å². The minimum atomic E-state index is -0.917. The van der Waals surface area contributed by atoms with Gasteiger partial charge in [-0.05, 0) is 38.2 Å². The summed E-state index contributed by atoms with van der Waals surface area (Å²) >= 11 is 1.38. The van der Waals surface area contributed by atoms with E-state index < -0.39 is 11.6 Å². The van der Waals surface area contributed by atoms with E-state index in [-0.39, 0.29) is 30.7 Å². The Balaban J connectivity index is 1.71. The zero-order chi connectivity index (χ0) is 21.6. The maximum Gasteiger partial charge on any atom is 0.234 e. The number of aromatic nitrogens is 1. The molecule has 0 aliphatic carbocycles. The first-order valence-electron chi connectivity index (χ1n) is 9.91. The average molecular weight is 429 g/mol. The summed E-state index contributed by atoms with van der Waals surface area (Å²) < 4.78 is 0. The molecule has 2 amide bonds. The van der Waals surface area contributed by atoms with E-state index in [4.69, 9.17) is 0 Å². The van der Waals surface area contributed by atoms with Gasteiger partial charge in [0.05, 0.1) is 29.0 Å². The van der Waals surface area contributed by atoms with Crippen molar-refractivity contribution in [2.75, 3.05) is 39.5 Å². The minimum absolute atomic E-state index is 0.0500. The van der Waals surface area contributed by atoms with Crippen molar-refractivity contribution in [3.8, 4) is 0 Å². The molecule has 2 heterocycles. The molecule has 3 rings (SSSR count). The second-order valence-corrected chi connectivity index (χ2v) is 8.68. The van der Waals surface area contributed by atoms with Crippen molar-refractivity contribution in [1.29, 1.82) is 0 Å². The predicted octanol–water partition coefficient (Wildman–Crippen LogP) is 1.34. The van der Waals surface area contributed by atoms with Crippen LogP contribution in [0.25, 0.3) is 0 Å². The fourth-order valence-electron chi connectivity index (χ4n) is 3.69. The minimum Gasteiger partial charge on any atom is -0.388 e. The van der Waals surface area contributed by atoms with Crippen molar-refractivity contribution < 1.29 is 14.7 Å². The predicted molar refractivity (Wildman–Crippen MR) is 117 cm³/mol. The zero-order valence-corrected chi connectivity index (χ0v) is 18.1. The zero-order valence-electron chi connectivity index (χ0n) is 17.3. The number of amides is 2. The van der Waals surface area contributed by atoms with Crippen LogP contribution in [0.2, 0.25) is 0 Å². The third-order valence-corrected chi connectivity index (χ3v) is 6.11. The van der Waals surface area contributed by atoms with Crippen LogP contribution in [0.5, 0.6) is 0 Å². The van der Waals surface area contributed by atoms with Crippen LogP contribution < -0.4 is 5.32 Å². The van der Waals surface area contributed by atoms with Gasteiger partial charge in [-0.25, -0.2) is 4.98 Å². The number of aliphatic hydroxyl groups is 1. The van der Waals surface area contributed by atoms with E-state index in [0.717, 1.165) is 10.6 Å². The number of pyridine rings is 1. The van der Waals surface area contributed by atoms with E-state index in [1.165, 1.54) is 11.8 Å². The molecule has 0 radical (unpaired) electrons. The van der Waals surface area contributed by atoms with Crippen LogP contribution in [0.15, 0.2) is 59.8 Å². The molecule has 1 aliphatic rings. The average Bonchev–Trinajstić information content (AvgIpc) is 2.74. The molecular formula is C22H28N4O3S. The van der Waals surface area contributed by atoms with Gasteiger partial charge in [0.1, 0.15) is 0 Å². The number of likely N-dealkylation sites (tertiary alicyclic amines) is 1. The lowest BCUT2D eigenvalue weighted by atomic mass is 9.78. The molecule has 2 N–H and O–H groups in total. The summed E-state index contributed by atoms with van der Waals surface area (Å²) in [5.41, 5.74) is -0.0706. The normalized spacial score (nSPS) is 21.5. The smallest absolute Gasteiger partial charge is 0.234 e. The maximum absolute atomic E-state index is 12.7. The van der Waals surface area contributed by atoms with Gasteiger partial charge in [-0.3, -0.25) is 9.59 Å². The highest BCUT2D eigenvalue weighted by Gasteiger charge is 2.45. The van der Waals surface area contributed by atoms with Crippen molar-refractivity contribution in [3.05, 3.63) is 60.3 Å². The lowest BCUT2D eigenvalue weighted by Gasteiger charge is -2.46. The van der Waals surface area contributed by atoms with Crippen LogP contribution in [0.4, 0.5) is 0 Å². The Morgan fingerprint density at radius 3 is 2.60 bits per heavy atom. The van der Waals surface area contributed by atoms with Crippen molar-refractivity contribution in [2.24, 2.45) is 0 Å². The van der Waals surface area contributed by atoms with Gasteiger partial charge in [0.25, 0.3) is 0 Å². The quantitative estimate of drug-likeness (QED) is 0.648. The second kappa shape index (κ2) is 10.1. The van der Waals surface area contributed by atoms with E-state index in [9.17, 15) is 14.7 Å². The highest BCUT2D eigenvalue weighted by atomic mass is 32.2. The van der Waals surface area contributed by atoms with Gasteiger partial charge in [0, 0.05) is 19.3 Å². The first-order valence-corrected chi connectivity index (χ1v) is 10.9. The third kappa shape index (κ3) is 5.38. The Morgan fingerprint density at radius 1 is 1.23 bits per heavy atom. The second-order valence-electron chi connectivity index (χ2n) is 7.69. The molecule has 1 aromatic heterocycles. The standard InChI is InChI=1S/C22H28N4O3S/c1-25(2)15-19(28)24-22(17-8-4-3-5-9-17)11-13-26(14-18(22)27)21(29)16-30-20-10-6-7-12-23-20/h3-10,12,18,27H,11,13-16H2,1-2H3,(H,24,28)/t18-,22+/m1/s1. The molecule has 0 bridgehead atoms. The number of β-amino-alcohol motifs (C(OH)–C–C–N with tert-alkyl or cyclic N) is 1. The number of rotatable bonds is 7. The molecule has 160 valence electrons. The van der Waals surface area contributed by atoms with Crippen molar-refractivity contribution >= 4 is 23.6 Å². The summed E-state index contributed by atoms with van der Waals surface area (Å²) in [7, 11) is 3.65. The molecule has 1 aromatic carbocycles. The molecule has 1 saturated heterocycles. The van der Waals surface area contributed by atoms with Crippen LogP contribution in [0.1, 0.15) is 12.0 Å². The third-order valence-electron chi connectivity index (χ3n) is 5.18. The van der Waals surface area contributed by atoms with Gasteiger partial charge in [-0.1, -0.05) is 48.2 Å². The molecule has 0 saturated carbocycles. The number of thioether (sulfide) groups is 1. The van der Waals surface area contributed by atoms with Crippen molar-refractivity contribution in [2.45, 2.75) is 23.1 Å². The number of likely N-dealkylation sites (N-methyl/N-ethyl adjacent to an activating group) is 1. The number of hydrogen-bond acceptors (Lipinski definition) is 6. The van der Waals surface area contributed by atoms with Crippen LogP contribution >= 0.6 is 11.8 Å². The van der Waals surface area contributed by atoms with Crippen LogP contribution in [0, 0.1) is 0 Å². The number of nitrogens with zero attached hydrogens (tertiary/aromatic N) is 3. The first kappa shape index (κ1) is 22.3. The number of benzene rings is 1. The number of nitrogens with one attached hydrogen (secondary N) is 1. The summed E-state index contributed by atoms with van der Waals surface area (Å²) in [6.45, 7) is 0.846. The van der Waals surface area contributed by atoms with Gasteiger partial charge in [0.15, 0.2) is 0 Å². The van der Waals surface area contributed by atoms with Gasteiger partial charge in [-0.2, -0.15) is 0 Å². The highest BCUT2D eigenvalue weighted by molar-refractivity contribution is 7.99. The van der Waals surface area contributed by atoms with Gasteiger partial charge in [-0.15, -0.1) is 0 Å². The molecule has 7 nitrogen and oxygen atoms in total. The Kier molecular flexibility index (Phi) is 7.47. The SMILES string of the molecule is CN(C)CC(=O)N[C@]1(c2ccccc2)CCN(C(=O)CSc2ccccn2)C[C@H]1O. The van der Waals surface area contributed by atoms with Crippen molar-refractivity contribution in [3.63, 3.8) is 0 Å². The number of aliphatic hydroxyl groups excluding tert-OH is 1. The molecule has 1 fully saturated rings. The molecule has 30 heavy (non-hydrogen) atoms. The molecule has 2 atom stereocenters. The molecule has 0 spiro atoms. The monoisotopic (exact) mass is 428 g/mol. The molecule has 0 unspecified atom stereocenters. The number of carbonyl (C=O) groups excluding carboxylic acids is 2. The number of piperidine rings is 1.